The smallest absolute Gasteiger partial charge is 0.295 e. The number of amides is 1. The van der Waals surface area contributed by atoms with Gasteiger partial charge < -0.3 is 10.6 Å². The van der Waals surface area contributed by atoms with E-state index >= 15 is 0 Å². The molecule has 1 atom stereocenters. The van der Waals surface area contributed by atoms with Crippen molar-refractivity contribution in [2.24, 2.45) is 11.7 Å². The molecule has 24 heavy (non-hydrogen) atoms. The van der Waals surface area contributed by atoms with Crippen LogP contribution in [0.4, 0.5) is 11.4 Å². The van der Waals surface area contributed by atoms with Crippen molar-refractivity contribution in [2.75, 3.05) is 18.0 Å². The Hall–Kier alpha value is -2.70. The number of hydrogen-bond donors (Lipinski definition) is 1. The summed E-state index contributed by atoms with van der Waals surface area (Å²) in [4.78, 5) is 28.7. The predicted octanol–water partition coefficient (Wildman–Crippen LogP) is 2.54. The van der Waals surface area contributed by atoms with E-state index in [1.54, 1.807) is 6.07 Å². The van der Waals surface area contributed by atoms with Crippen molar-refractivity contribution >= 4 is 28.2 Å². The number of fused-ring (bicyclic) bond motifs is 1. The molecule has 0 aliphatic carbocycles. The van der Waals surface area contributed by atoms with Gasteiger partial charge in [0.2, 0.25) is 5.91 Å². The van der Waals surface area contributed by atoms with Crippen LogP contribution >= 0.6 is 0 Å². The maximum absolute atomic E-state index is 11.3. The molecule has 7 nitrogen and oxygen atoms in total. The lowest BCUT2D eigenvalue weighted by molar-refractivity contribution is -0.383. The van der Waals surface area contributed by atoms with Gasteiger partial charge in [0, 0.05) is 42.3 Å². The van der Waals surface area contributed by atoms with Gasteiger partial charge in [-0.05, 0) is 31.7 Å². The van der Waals surface area contributed by atoms with Crippen LogP contribution in [0.15, 0.2) is 24.3 Å². The molecule has 2 heterocycles. The van der Waals surface area contributed by atoms with E-state index in [4.69, 9.17) is 5.73 Å². The Morgan fingerprint density at radius 2 is 2.29 bits per heavy atom. The van der Waals surface area contributed by atoms with E-state index in [2.05, 4.69) is 9.88 Å². The van der Waals surface area contributed by atoms with E-state index in [1.165, 1.54) is 6.07 Å². The first-order valence-electron chi connectivity index (χ1n) is 8.03. The number of nitro benzene ring substituents is 1. The second kappa shape index (κ2) is 6.43. The number of benzene rings is 1. The average Bonchev–Trinajstić information content (AvgIpc) is 2.53. The number of primary amides is 1. The average molecular weight is 328 g/mol. The van der Waals surface area contributed by atoms with Crippen LogP contribution in [0.2, 0.25) is 0 Å². The number of carbonyl (C=O) groups is 1. The molecule has 0 bridgehead atoms. The first-order valence-corrected chi connectivity index (χ1v) is 8.03. The van der Waals surface area contributed by atoms with E-state index in [9.17, 15) is 14.9 Å². The third-order valence-electron chi connectivity index (χ3n) is 4.47. The maximum atomic E-state index is 11.3. The van der Waals surface area contributed by atoms with Crippen LogP contribution in [0.3, 0.4) is 0 Å². The van der Waals surface area contributed by atoms with Gasteiger partial charge in [-0.3, -0.25) is 14.9 Å². The van der Waals surface area contributed by atoms with E-state index in [1.807, 2.05) is 19.1 Å². The fourth-order valence-corrected chi connectivity index (χ4v) is 3.48. The number of piperidine rings is 1. The molecule has 3 rings (SSSR count). The Labute approximate surface area is 139 Å². The summed E-state index contributed by atoms with van der Waals surface area (Å²) in [7, 11) is 0. The number of rotatable bonds is 4. The highest BCUT2D eigenvalue weighted by atomic mass is 16.6. The number of aromatic nitrogens is 1. The summed E-state index contributed by atoms with van der Waals surface area (Å²) >= 11 is 0. The number of nitrogens with two attached hydrogens (primary N) is 1. The van der Waals surface area contributed by atoms with Gasteiger partial charge in [-0.15, -0.1) is 0 Å². The van der Waals surface area contributed by atoms with Crippen LogP contribution in [0, 0.1) is 23.0 Å². The molecule has 1 aliphatic rings. The molecule has 0 unspecified atom stereocenters. The predicted molar refractivity (Wildman–Crippen MR) is 91.9 cm³/mol. The van der Waals surface area contributed by atoms with E-state index in [0.717, 1.165) is 42.7 Å². The summed E-state index contributed by atoms with van der Waals surface area (Å²) in [6, 6.07) is 6.98. The fraction of sp³-hybridized carbons (Fsp3) is 0.412. The molecule has 1 aromatic carbocycles. The van der Waals surface area contributed by atoms with Crippen molar-refractivity contribution in [3.8, 4) is 0 Å². The summed E-state index contributed by atoms with van der Waals surface area (Å²) in [5.74, 6) is -0.0632. The standard InChI is InChI=1S/C17H20N4O3/c1-11-8-15(20-7-3-4-12(10-20)9-16(18)22)13-5-2-6-14(21(23)24)17(13)19-11/h2,5-6,8,12H,3-4,7,9-10H2,1H3,(H2,18,22)/t12-/m0/s1. The molecule has 1 aliphatic heterocycles. The Balaban J connectivity index is 2.04. The van der Waals surface area contributed by atoms with Crippen molar-refractivity contribution in [3.05, 3.63) is 40.1 Å². The molecule has 7 heteroatoms. The van der Waals surface area contributed by atoms with Crippen molar-refractivity contribution in [1.29, 1.82) is 0 Å². The van der Waals surface area contributed by atoms with Crippen molar-refractivity contribution in [1.82, 2.24) is 4.98 Å². The zero-order valence-electron chi connectivity index (χ0n) is 13.6. The summed E-state index contributed by atoms with van der Waals surface area (Å²) < 4.78 is 0. The number of para-hydroxylation sites is 1. The third-order valence-corrected chi connectivity index (χ3v) is 4.47. The zero-order valence-corrected chi connectivity index (χ0v) is 13.6. The lowest BCUT2D eigenvalue weighted by atomic mass is 9.93. The number of nitrogens with zero attached hydrogens (tertiary/aromatic N) is 3. The number of nitro groups is 1. The van der Waals surface area contributed by atoms with E-state index < -0.39 is 4.92 Å². The van der Waals surface area contributed by atoms with Crippen molar-refractivity contribution < 1.29 is 9.72 Å². The number of non-ortho nitro benzene ring substituents is 1. The van der Waals surface area contributed by atoms with Crippen LogP contribution in [-0.2, 0) is 4.79 Å². The van der Waals surface area contributed by atoms with Gasteiger partial charge in [0.25, 0.3) is 5.69 Å². The molecule has 1 aromatic heterocycles. The van der Waals surface area contributed by atoms with Crippen LogP contribution in [0.5, 0.6) is 0 Å². The Morgan fingerprint density at radius 3 is 3.00 bits per heavy atom. The molecule has 0 spiro atoms. The zero-order chi connectivity index (χ0) is 17.3. The lowest BCUT2D eigenvalue weighted by Crippen LogP contribution is -2.37. The normalized spacial score (nSPS) is 17.9. The van der Waals surface area contributed by atoms with E-state index in [0.29, 0.717) is 11.9 Å². The third kappa shape index (κ3) is 3.15. The molecular formula is C17H20N4O3. The second-order valence-corrected chi connectivity index (χ2v) is 6.34. The van der Waals surface area contributed by atoms with Gasteiger partial charge in [-0.25, -0.2) is 4.98 Å². The molecule has 0 radical (unpaired) electrons. The number of hydrogen-bond acceptors (Lipinski definition) is 5. The van der Waals surface area contributed by atoms with Crippen LogP contribution < -0.4 is 10.6 Å². The molecule has 1 amide bonds. The fourth-order valence-electron chi connectivity index (χ4n) is 3.48. The monoisotopic (exact) mass is 328 g/mol. The van der Waals surface area contributed by atoms with Crippen molar-refractivity contribution in [2.45, 2.75) is 26.2 Å². The highest BCUT2D eigenvalue weighted by molar-refractivity contribution is 5.97. The second-order valence-electron chi connectivity index (χ2n) is 6.34. The first-order chi connectivity index (χ1) is 11.5. The Morgan fingerprint density at radius 1 is 1.50 bits per heavy atom. The molecule has 0 saturated carbocycles. The minimum Gasteiger partial charge on any atom is -0.371 e. The summed E-state index contributed by atoms with van der Waals surface area (Å²) in [5.41, 5.74) is 7.44. The minimum absolute atomic E-state index is 0.0168. The largest absolute Gasteiger partial charge is 0.371 e. The molecular weight excluding hydrogens is 308 g/mol. The van der Waals surface area contributed by atoms with Crippen LogP contribution in [0.1, 0.15) is 25.0 Å². The van der Waals surface area contributed by atoms with Gasteiger partial charge in [-0.1, -0.05) is 12.1 Å². The van der Waals surface area contributed by atoms with Gasteiger partial charge >= 0.3 is 0 Å². The summed E-state index contributed by atoms with van der Waals surface area (Å²) in [6.07, 6.45) is 2.32. The molecule has 2 N–H and O–H groups in total. The number of carbonyl (C=O) groups excluding carboxylic acids is 1. The van der Waals surface area contributed by atoms with Crippen molar-refractivity contribution in [3.63, 3.8) is 0 Å². The van der Waals surface area contributed by atoms with Crippen LogP contribution in [0.25, 0.3) is 10.9 Å². The highest BCUT2D eigenvalue weighted by Gasteiger charge is 2.24. The first kappa shape index (κ1) is 16.2. The van der Waals surface area contributed by atoms with Gasteiger partial charge in [-0.2, -0.15) is 0 Å². The van der Waals surface area contributed by atoms with Crippen LogP contribution in [-0.4, -0.2) is 28.9 Å². The summed E-state index contributed by atoms with van der Waals surface area (Å²) in [6.45, 7) is 3.42. The lowest BCUT2D eigenvalue weighted by Gasteiger charge is -2.34. The summed E-state index contributed by atoms with van der Waals surface area (Å²) in [5, 5.41) is 12.1. The minimum atomic E-state index is -0.398. The molecule has 1 fully saturated rings. The number of anilines is 1. The van der Waals surface area contributed by atoms with Gasteiger partial charge in [0.05, 0.1) is 4.92 Å². The number of aryl methyl sites for hydroxylation is 1. The number of pyridine rings is 1. The van der Waals surface area contributed by atoms with Gasteiger partial charge in [0.15, 0.2) is 5.52 Å². The topological polar surface area (TPSA) is 102 Å². The van der Waals surface area contributed by atoms with Gasteiger partial charge in [0.1, 0.15) is 0 Å². The SMILES string of the molecule is Cc1cc(N2CCC[C@@H](CC(N)=O)C2)c2cccc([N+](=O)[O-])c2n1. The quantitative estimate of drug-likeness (QED) is 0.686. The molecule has 2 aromatic rings. The maximum Gasteiger partial charge on any atom is 0.295 e. The molecule has 126 valence electrons. The Kier molecular flexibility index (Phi) is 4.33. The molecule has 1 saturated heterocycles. The Bertz CT molecular complexity index is 806. The van der Waals surface area contributed by atoms with E-state index in [-0.39, 0.29) is 17.5 Å². The highest BCUT2D eigenvalue weighted by Crippen LogP contribution is 2.34.